The van der Waals surface area contributed by atoms with Crippen LogP contribution < -0.4 is 10.6 Å². The van der Waals surface area contributed by atoms with E-state index in [1.165, 1.54) is 23.9 Å². The van der Waals surface area contributed by atoms with Crippen molar-refractivity contribution in [2.45, 2.75) is 11.8 Å². The molecule has 5 nitrogen and oxygen atoms in total. The fourth-order valence-corrected chi connectivity index (χ4v) is 3.39. The average molecular weight is 392 g/mol. The molecule has 0 bridgehead atoms. The molecular formula is C22H20N2O3S. The summed E-state index contributed by atoms with van der Waals surface area (Å²) in [7, 11) is 0. The third kappa shape index (κ3) is 5.37. The van der Waals surface area contributed by atoms with Gasteiger partial charge < -0.3 is 15.7 Å². The van der Waals surface area contributed by atoms with Gasteiger partial charge in [0, 0.05) is 22.3 Å². The minimum atomic E-state index is -0.298. The Morgan fingerprint density at radius 1 is 0.893 bits per heavy atom. The van der Waals surface area contributed by atoms with E-state index in [1.807, 2.05) is 37.3 Å². The molecule has 0 aliphatic carbocycles. The fraction of sp³-hybridized carbons (Fsp3) is 0.0909. The SMILES string of the molecule is Cc1ccc(NC(=O)CSc2ccccc2C(=O)Nc2cccc(O)c2)cc1. The predicted molar refractivity (Wildman–Crippen MR) is 113 cm³/mol. The minimum absolute atomic E-state index is 0.0771. The van der Waals surface area contributed by atoms with E-state index in [4.69, 9.17) is 0 Å². The highest BCUT2D eigenvalue weighted by atomic mass is 32.2. The number of hydrogen-bond acceptors (Lipinski definition) is 4. The van der Waals surface area contributed by atoms with Crippen molar-refractivity contribution in [3.05, 3.63) is 83.9 Å². The molecule has 0 spiro atoms. The number of thioether (sulfide) groups is 1. The summed E-state index contributed by atoms with van der Waals surface area (Å²) in [5, 5.41) is 15.1. The van der Waals surface area contributed by atoms with Crippen molar-refractivity contribution in [1.29, 1.82) is 0 Å². The van der Waals surface area contributed by atoms with Gasteiger partial charge >= 0.3 is 0 Å². The maximum Gasteiger partial charge on any atom is 0.256 e. The molecule has 0 saturated carbocycles. The van der Waals surface area contributed by atoms with Crippen LogP contribution in [0.1, 0.15) is 15.9 Å². The lowest BCUT2D eigenvalue weighted by atomic mass is 10.2. The van der Waals surface area contributed by atoms with Crippen molar-refractivity contribution < 1.29 is 14.7 Å². The zero-order valence-electron chi connectivity index (χ0n) is 15.3. The van der Waals surface area contributed by atoms with Crippen molar-refractivity contribution >= 4 is 35.0 Å². The second-order valence-electron chi connectivity index (χ2n) is 6.20. The first-order chi connectivity index (χ1) is 13.5. The Hall–Kier alpha value is -3.25. The standard InChI is InChI=1S/C22H20N2O3S/c1-15-9-11-16(12-10-15)23-21(26)14-28-20-8-3-2-7-19(20)22(27)24-17-5-4-6-18(25)13-17/h2-13,25H,14H2,1H3,(H,23,26)(H,24,27). The van der Waals surface area contributed by atoms with Gasteiger partial charge in [0.15, 0.2) is 0 Å². The third-order valence-corrected chi connectivity index (χ3v) is 5.00. The number of carbonyl (C=O) groups is 2. The van der Waals surface area contributed by atoms with E-state index in [2.05, 4.69) is 10.6 Å². The van der Waals surface area contributed by atoms with Gasteiger partial charge in [-0.15, -0.1) is 11.8 Å². The highest BCUT2D eigenvalue weighted by Gasteiger charge is 2.13. The highest BCUT2D eigenvalue weighted by Crippen LogP contribution is 2.24. The molecular weight excluding hydrogens is 372 g/mol. The van der Waals surface area contributed by atoms with E-state index < -0.39 is 0 Å². The van der Waals surface area contributed by atoms with E-state index in [0.717, 1.165) is 11.3 Å². The van der Waals surface area contributed by atoms with Crippen LogP contribution in [0.5, 0.6) is 5.75 Å². The van der Waals surface area contributed by atoms with Crippen LogP contribution in [0.4, 0.5) is 11.4 Å². The molecule has 142 valence electrons. The first-order valence-corrected chi connectivity index (χ1v) is 9.68. The quantitative estimate of drug-likeness (QED) is 0.532. The van der Waals surface area contributed by atoms with Crippen LogP contribution in [-0.2, 0) is 4.79 Å². The number of phenolic OH excluding ortho intramolecular Hbond substituents is 1. The van der Waals surface area contributed by atoms with Crippen LogP contribution in [0, 0.1) is 6.92 Å². The van der Waals surface area contributed by atoms with Gasteiger partial charge in [0.2, 0.25) is 5.91 Å². The molecule has 0 atom stereocenters. The van der Waals surface area contributed by atoms with Crippen LogP contribution in [0.3, 0.4) is 0 Å². The monoisotopic (exact) mass is 392 g/mol. The molecule has 0 fully saturated rings. The van der Waals surface area contributed by atoms with Crippen LogP contribution in [0.15, 0.2) is 77.7 Å². The Morgan fingerprint density at radius 2 is 1.64 bits per heavy atom. The molecule has 3 N–H and O–H groups in total. The lowest BCUT2D eigenvalue weighted by Crippen LogP contribution is -2.15. The Morgan fingerprint density at radius 3 is 2.39 bits per heavy atom. The molecule has 28 heavy (non-hydrogen) atoms. The van der Waals surface area contributed by atoms with Gasteiger partial charge in [-0.25, -0.2) is 0 Å². The maximum atomic E-state index is 12.6. The summed E-state index contributed by atoms with van der Waals surface area (Å²) < 4.78 is 0. The number of nitrogens with one attached hydrogen (secondary N) is 2. The molecule has 0 radical (unpaired) electrons. The Kier molecular flexibility index (Phi) is 6.34. The summed E-state index contributed by atoms with van der Waals surface area (Å²) in [6.45, 7) is 1.99. The second-order valence-corrected chi connectivity index (χ2v) is 7.22. The van der Waals surface area contributed by atoms with Crippen molar-refractivity contribution in [2.75, 3.05) is 16.4 Å². The van der Waals surface area contributed by atoms with Crippen LogP contribution >= 0.6 is 11.8 Å². The Bertz CT molecular complexity index is 987. The van der Waals surface area contributed by atoms with Gasteiger partial charge in [-0.05, 0) is 43.3 Å². The molecule has 0 unspecified atom stereocenters. The molecule has 0 aliphatic rings. The lowest BCUT2D eigenvalue weighted by molar-refractivity contribution is -0.113. The second kappa shape index (κ2) is 9.10. The van der Waals surface area contributed by atoms with E-state index in [9.17, 15) is 14.7 Å². The number of anilines is 2. The zero-order valence-corrected chi connectivity index (χ0v) is 16.1. The maximum absolute atomic E-state index is 12.6. The fourth-order valence-electron chi connectivity index (χ4n) is 2.54. The number of amides is 2. The molecule has 2 amide bonds. The summed E-state index contributed by atoms with van der Waals surface area (Å²) >= 11 is 1.30. The predicted octanol–water partition coefficient (Wildman–Crippen LogP) is 4.68. The number of phenols is 1. The van der Waals surface area contributed by atoms with Crippen LogP contribution in [0.2, 0.25) is 0 Å². The van der Waals surface area contributed by atoms with Crippen molar-refractivity contribution in [2.24, 2.45) is 0 Å². The van der Waals surface area contributed by atoms with Gasteiger partial charge in [0.25, 0.3) is 5.91 Å². The van der Waals surface area contributed by atoms with Gasteiger partial charge in [0.1, 0.15) is 5.75 Å². The van der Waals surface area contributed by atoms with Gasteiger partial charge in [0.05, 0.1) is 11.3 Å². The Labute approximate surface area is 167 Å². The summed E-state index contributed by atoms with van der Waals surface area (Å²) in [5.74, 6) is -0.178. The smallest absolute Gasteiger partial charge is 0.256 e. The lowest BCUT2D eigenvalue weighted by Gasteiger charge is -2.10. The Balaban J connectivity index is 1.64. The highest BCUT2D eigenvalue weighted by molar-refractivity contribution is 8.00. The molecule has 6 heteroatoms. The van der Waals surface area contributed by atoms with Gasteiger partial charge in [-0.3, -0.25) is 9.59 Å². The summed E-state index contributed by atoms with van der Waals surface area (Å²) in [6.07, 6.45) is 0. The molecule has 0 aromatic heterocycles. The third-order valence-electron chi connectivity index (χ3n) is 3.93. The first kappa shape index (κ1) is 19.5. The number of aryl methyl sites for hydroxylation is 1. The number of aromatic hydroxyl groups is 1. The molecule has 0 aliphatic heterocycles. The molecule has 0 saturated heterocycles. The van der Waals surface area contributed by atoms with E-state index >= 15 is 0 Å². The summed E-state index contributed by atoms with van der Waals surface area (Å²) in [6, 6.07) is 21.0. The normalized spacial score (nSPS) is 10.3. The summed E-state index contributed by atoms with van der Waals surface area (Å²) in [5.41, 5.74) is 2.84. The van der Waals surface area contributed by atoms with Gasteiger partial charge in [-0.1, -0.05) is 35.9 Å². The molecule has 0 heterocycles. The molecule has 3 rings (SSSR count). The van der Waals surface area contributed by atoms with E-state index in [-0.39, 0.29) is 23.3 Å². The van der Waals surface area contributed by atoms with Crippen molar-refractivity contribution in [1.82, 2.24) is 0 Å². The van der Waals surface area contributed by atoms with E-state index in [1.54, 1.807) is 30.3 Å². The van der Waals surface area contributed by atoms with Crippen LogP contribution in [-0.4, -0.2) is 22.7 Å². The topological polar surface area (TPSA) is 78.4 Å². The average Bonchev–Trinajstić information content (AvgIpc) is 2.68. The number of benzene rings is 3. The zero-order chi connectivity index (χ0) is 19.9. The van der Waals surface area contributed by atoms with Gasteiger partial charge in [-0.2, -0.15) is 0 Å². The number of hydrogen-bond donors (Lipinski definition) is 3. The van der Waals surface area contributed by atoms with Crippen LogP contribution in [0.25, 0.3) is 0 Å². The van der Waals surface area contributed by atoms with Crippen molar-refractivity contribution in [3.63, 3.8) is 0 Å². The summed E-state index contributed by atoms with van der Waals surface area (Å²) in [4.78, 5) is 25.5. The molecule has 3 aromatic carbocycles. The minimum Gasteiger partial charge on any atom is -0.508 e. The van der Waals surface area contributed by atoms with Crippen molar-refractivity contribution in [3.8, 4) is 5.75 Å². The largest absolute Gasteiger partial charge is 0.508 e. The van der Waals surface area contributed by atoms with E-state index in [0.29, 0.717) is 16.1 Å². The first-order valence-electron chi connectivity index (χ1n) is 8.70. The number of carbonyl (C=O) groups excluding carboxylic acids is 2. The molecule has 3 aromatic rings. The number of rotatable bonds is 6.